The molecule has 0 fully saturated rings. The molecule has 0 unspecified atom stereocenters. The summed E-state index contributed by atoms with van der Waals surface area (Å²) < 4.78 is 10.0. The molecule has 0 atom stereocenters. The van der Waals surface area contributed by atoms with Crippen LogP contribution in [0.5, 0.6) is 0 Å². The molecule has 2 aromatic heterocycles. The maximum Gasteiger partial charge on any atom is 0.259 e. The van der Waals surface area contributed by atoms with Gasteiger partial charge in [-0.1, -0.05) is 23.4 Å². The summed E-state index contributed by atoms with van der Waals surface area (Å²) in [5.74, 6) is 0.395. The number of aromatic amines is 1. The first kappa shape index (κ1) is 16.8. The zero-order valence-electron chi connectivity index (χ0n) is 13.7. The van der Waals surface area contributed by atoms with Gasteiger partial charge in [-0.25, -0.2) is 0 Å². The van der Waals surface area contributed by atoms with Gasteiger partial charge in [-0.05, 0) is 17.5 Å². The molecule has 8 nitrogen and oxygen atoms in total. The molecule has 130 valence electrons. The van der Waals surface area contributed by atoms with Gasteiger partial charge in [0.15, 0.2) is 0 Å². The van der Waals surface area contributed by atoms with Crippen LogP contribution in [0.4, 0.5) is 0 Å². The summed E-state index contributed by atoms with van der Waals surface area (Å²) in [5, 5.41) is 7.44. The number of carbonyl (C=O) groups excluding carboxylic acids is 1. The number of benzene rings is 1. The second-order valence-electron chi connectivity index (χ2n) is 5.45. The van der Waals surface area contributed by atoms with Crippen LogP contribution < -0.4 is 10.9 Å². The van der Waals surface area contributed by atoms with Crippen molar-refractivity contribution in [2.75, 3.05) is 20.3 Å². The number of H-pyrrole nitrogens is 1. The van der Waals surface area contributed by atoms with Crippen LogP contribution in [0.1, 0.15) is 12.3 Å². The van der Waals surface area contributed by atoms with Crippen molar-refractivity contribution in [3.05, 3.63) is 46.6 Å². The molecule has 0 aliphatic carbocycles. The first-order chi connectivity index (χ1) is 12.2. The van der Waals surface area contributed by atoms with Gasteiger partial charge in [0.2, 0.25) is 17.6 Å². The fourth-order valence-electron chi connectivity index (χ4n) is 2.38. The number of hydrogen-bond donors (Lipinski definition) is 2. The van der Waals surface area contributed by atoms with Crippen molar-refractivity contribution in [3.63, 3.8) is 0 Å². The van der Waals surface area contributed by atoms with Crippen molar-refractivity contribution in [2.45, 2.75) is 12.8 Å². The molecule has 8 heteroatoms. The predicted molar refractivity (Wildman–Crippen MR) is 91.1 cm³/mol. The maximum absolute atomic E-state index is 12.2. The number of hydrogen-bond acceptors (Lipinski definition) is 6. The van der Waals surface area contributed by atoms with Gasteiger partial charge in [-0.3, -0.25) is 9.59 Å². The zero-order valence-corrected chi connectivity index (χ0v) is 13.7. The van der Waals surface area contributed by atoms with Crippen LogP contribution in [0, 0.1) is 0 Å². The summed E-state index contributed by atoms with van der Waals surface area (Å²) in [5.41, 5.74) is 0.786. The number of nitrogens with zero attached hydrogens (tertiary/aromatic N) is 2. The van der Waals surface area contributed by atoms with Gasteiger partial charge in [0.1, 0.15) is 0 Å². The average molecular weight is 342 g/mol. The lowest BCUT2D eigenvalue weighted by Crippen LogP contribution is -2.27. The first-order valence-electron chi connectivity index (χ1n) is 7.88. The molecule has 0 aliphatic heterocycles. The smallest absolute Gasteiger partial charge is 0.259 e. The molecule has 3 rings (SSSR count). The highest BCUT2D eigenvalue weighted by molar-refractivity contribution is 5.82. The molecule has 0 bridgehead atoms. The number of rotatable bonds is 7. The van der Waals surface area contributed by atoms with E-state index in [1.165, 1.54) is 0 Å². The molecule has 1 amide bonds. The zero-order chi connectivity index (χ0) is 17.6. The van der Waals surface area contributed by atoms with Gasteiger partial charge in [0.05, 0.1) is 12.2 Å². The van der Waals surface area contributed by atoms with E-state index in [-0.39, 0.29) is 23.7 Å². The molecule has 0 spiro atoms. The van der Waals surface area contributed by atoms with Gasteiger partial charge in [-0.15, -0.1) is 0 Å². The van der Waals surface area contributed by atoms with Crippen molar-refractivity contribution in [2.24, 2.45) is 0 Å². The lowest BCUT2D eigenvalue weighted by molar-refractivity contribution is -0.121. The Morgan fingerprint density at radius 1 is 1.36 bits per heavy atom. The Balaban J connectivity index is 1.70. The highest BCUT2D eigenvalue weighted by atomic mass is 16.5. The Labute approximate surface area is 143 Å². The van der Waals surface area contributed by atoms with Crippen LogP contribution in [-0.4, -0.2) is 41.3 Å². The number of ether oxygens (including phenoxy) is 1. The number of aromatic nitrogens is 3. The second kappa shape index (κ2) is 7.71. The van der Waals surface area contributed by atoms with E-state index in [1.807, 2.05) is 24.3 Å². The molecule has 2 heterocycles. The first-order valence-corrected chi connectivity index (χ1v) is 7.88. The number of carbonyl (C=O) groups is 1. The molecular formula is C17H18N4O4. The number of methoxy groups -OCH3 is 1. The third kappa shape index (κ3) is 4.10. The van der Waals surface area contributed by atoms with Crippen LogP contribution in [0.3, 0.4) is 0 Å². The normalized spacial score (nSPS) is 10.9. The highest BCUT2D eigenvalue weighted by Crippen LogP contribution is 2.17. The molecular weight excluding hydrogens is 324 g/mol. The molecule has 25 heavy (non-hydrogen) atoms. The number of aryl methyl sites for hydroxylation is 1. The fraction of sp³-hybridized carbons (Fsp3) is 0.294. The Morgan fingerprint density at radius 2 is 2.20 bits per heavy atom. The largest absolute Gasteiger partial charge is 0.383 e. The van der Waals surface area contributed by atoms with Gasteiger partial charge < -0.3 is 19.6 Å². The minimum absolute atomic E-state index is 0.125. The second-order valence-corrected chi connectivity index (χ2v) is 5.45. The van der Waals surface area contributed by atoms with Gasteiger partial charge in [0, 0.05) is 32.0 Å². The molecule has 0 saturated heterocycles. The van der Waals surface area contributed by atoms with Gasteiger partial charge in [0.25, 0.3) is 5.56 Å². The third-order valence-electron chi connectivity index (χ3n) is 3.66. The number of nitrogens with one attached hydrogen (secondary N) is 2. The standard InChI is InChI=1S/C17H18N4O4/c1-24-9-8-18-14(22)6-7-15-20-16(21-25-15)12-10-11-4-2-3-5-13(11)19-17(12)23/h2-5,10H,6-9H2,1H3,(H,18,22)(H,19,23). The Hall–Kier alpha value is -3.00. The minimum atomic E-state index is -0.289. The van der Waals surface area contributed by atoms with Crippen molar-refractivity contribution in [1.82, 2.24) is 20.4 Å². The van der Waals surface area contributed by atoms with E-state index < -0.39 is 0 Å². The molecule has 0 radical (unpaired) electrons. The average Bonchev–Trinajstić information content (AvgIpc) is 3.08. The molecule has 2 N–H and O–H groups in total. The maximum atomic E-state index is 12.2. The number of pyridine rings is 1. The van der Waals surface area contributed by atoms with Crippen molar-refractivity contribution in [1.29, 1.82) is 0 Å². The Bertz CT molecular complexity index is 932. The summed E-state index contributed by atoms with van der Waals surface area (Å²) >= 11 is 0. The summed E-state index contributed by atoms with van der Waals surface area (Å²) in [6, 6.07) is 9.17. The van der Waals surface area contributed by atoms with E-state index in [0.717, 1.165) is 10.9 Å². The van der Waals surface area contributed by atoms with E-state index in [2.05, 4.69) is 20.4 Å². The van der Waals surface area contributed by atoms with Crippen molar-refractivity contribution >= 4 is 16.8 Å². The number of fused-ring (bicyclic) bond motifs is 1. The van der Waals surface area contributed by atoms with Crippen molar-refractivity contribution in [3.8, 4) is 11.4 Å². The highest BCUT2D eigenvalue weighted by Gasteiger charge is 2.14. The number of para-hydroxylation sites is 1. The van der Waals surface area contributed by atoms with Crippen LogP contribution in [0.25, 0.3) is 22.3 Å². The van der Waals surface area contributed by atoms with E-state index in [0.29, 0.717) is 31.0 Å². The van der Waals surface area contributed by atoms with Gasteiger partial charge >= 0.3 is 0 Å². The lowest BCUT2D eigenvalue weighted by Gasteiger charge is -2.02. The predicted octanol–water partition coefficient (Wildman–Crippen LogP) is 1.27. The molecule has 3 aromatic rings. The summed E-state index contributed by atoms with van der Waals surface area (Å²) in [7, 11) is 1.57. The van der Waals surface area contributed by atoms with Crippen LogP contribution in [0.15, 0.2) is 39.6 Å². The van der Waals surface area contributed by atoms with Crippen molar-refractivity contribution < 1.29 is 14.1 Å². The topological polar surface area (TPSA) is 110 Å². The van der Waals surface area contributed by atoms with Crippen LogP contribution in [-0.2, 0) is 16.0 Å². The molecule has 0 aliphatic rings. The van der Waals surface area contributed by atoms with E-state index >= 15 is 0 Å². The Morgan fingerprint density at radius 3 is 3.04 bits per heavy atom. The molecule has 0 saturated carbocycles. The van der Waals surface area contributed by atoms with E-state index in [4.69, 9.17) is 9.26 Å². The van der Waals surface area contributed by atoms with E-state index in [1.54, 1.807) is 13.2 Å². The fourth-order valence-corrected chi connectivity index (χ4v) is 2.38. The van der Waals surface area contributed by atoms with Gasteiger partial charge in [-0.2, -0.15) is 4.98 Å². The third-order valence-corrected chi connectivity index (χ3v) is 3.66. The minimum Gasteiger partial charge on any atom is -0.383 e. The monoisotopic (exact) mass is 342 g/mol. The molecule has 1 aromatic carbocycles. The van der Waals surface area contributed by atoms with E-state index in [9.17, 15) is 9.59 Å². The SMILES string of the molecule is COCCNC(=O)CCc1nc(-c2cc3ccccc3[nH]c2=O)no1. The van der Waals surface area contributed by atoms with Crippen LogP contribution in [0.2, 0.25) is 0 Å². The summed E-state index contributed by atoms with van der Waals surface area (Å²) in [6.45, 7) is 0.915. The quantitative estimate of drug-likeness (QED) is 0.626. The summed E-state index contributed by atoms with van der Waals surface area (Å²) in [6.07, 6.45) is 0.525. The summed E-state index contributed by atoms with van der Waals surface area (Å²) in [4.78, 5) is 30.9. The van der Waals surface area contributed by atoms with Crippen LogP contribution >= 0.6 is 0 Å². The lowest BCUT2D eigenvalue weighted by atomic mass is 10.1. The Kier molecular flexibility index (Phi) is 5.20. The number of amides is 1.